The van der Waals surface area contributed by atoms with Crippen molar-refractivity contribution in [3.8, 4) is 0 Å². The summed E-state index contributed by atoms with van der Waals surface area (Å²) in [6.07, 6.45) is 12.3. The minimum Gasteiger partial charge on any atom is -0.463 e. The second kappa shape index (κ2) is 20.6. The Hall–Kier alpha value is -0.690. The molecule has 0 radical (unpaired) electrons. The minimum atomic E-state index is -1.01. The number of carbonyl (C=O) groups is 1. The number of ether oxygens (including phenoxy) is 3. The Balaban J connectivity index is 3.12. The summed E-state index contributed by atoms with van der Waals surface area (Å²) < 4.78 is 15.6. The SMILES string of the molecule is CCCCCCCCCCCCOCCOCCC(=O)OCC(O)CO. The van der Waals surface area contributed by atoms with Gasteiger partial charge in [0.15, 0.2) is 0 Å². The predicted molar refractivity (Wildman–Crippen MR) is 102 cm³/mol. The molecule has 6 heteroatoms. The first kappa shape index (κ1) is 25.3. The molecule has 0 heterocycles. The van der Waals surface area contributed by atoms with Gasteiger partial charge in [0, 0.05) is 6.61 Å². The average molecular weight is 377 g/mol. The van der Waals surface area contributed by atoms with Gasteiger partial charge in [0.2, 0.25) is 0 Å². The molecule has 26 heavy (non-hydrogen) atoms. The molecule has 6 nitrogen and oxygen atoms in total. The van der Waals surface area contributed by atoms with E-state index in [4.69, 9.17) is 24.4 Å². The van der Waals surface area contributed by atoms with E-state index in [0.29, 0.717) is 13.2 Å². The molecule has 0 spiro atoms. The van der Waals surface area contributed by atoms with Crippen LogP contribution in [0.5, 0.6) is 0 Å². The first-order valence-corrected chi connectivity index (χ1v) is 10.3. The molecule has 0 saturated heterocycles. The summed E-state index contributed by atoms with van der Waals surface area (Å²) >= 11 is 0. The molecule has 156 valence electrons. The number of rotatable bonds is 20. The summed E-state index contributed by atoms with van der Waals surface area (Å²) in [5.41, 5.74) is 0. The normalized spacial score (nSPS) is 12.3. The fraction of sp³-hybridized carbons (Fsp3) is 0.950. The van der Waals surface area contributed by atoms with E-state index in [1.54, 1.807) is 0 Å². The van der Waals surface area contributed by atoms with Crippen molar-refractivity contribution in [3.05, 3.63) is 0 Å². The third kappa shape index (κ3) is 19.6. The quantitative estimate of drug-likeness (QED) is 0.251. The van der Waals surface area contributed by atoms with E-state index >= 15 is 0 Å². The third-order valence-corrected chi connectivity index (χ3v) is 4.11. The van der Waals surface area contributed by atoms with Gasteiger partial charge in [0.1, 0.15) is 12.7 Å². The van der Waals surface area contributed by atoms with Crippen LogP contribution in [0, 0.1) is 0 Å². The van der Waals surface area contributed by atoms with Crippen LogP contribution in [0.15, 0.2) is 0 Å². The molecule has 1 unspecified atom stereocenters. The molecule has 1 atom stereocenters. The van der Waals surface area contributed by atoms with Crippen molar-refractivity contribution in [2.45, 2.75) is 83.7 Å². The predicted octanol–water partition coefficient (Wildman–Crippen LogP) is 3.23. The fourth-order valence-electron chi connectivity index (χ4n) is 2.48. The summed E-state index contributed by atoms with van der Waals surface area (Å²) in [6.45, 7) is 3.69. The first-order valence-electron chi connectivity index (χ1n) is 10.3. The van der Waals surface area contributed by atoms with Gasteiger partial charge >= 0.3 is 5.97 Å². The number of unbranched alkanes of at least 4 members (excludes halogenated alkanes) is 9. The molecule has 0 aliphatic heterocycles. The lowest BCUT2D eigenvalue weighted by molar-refractivity contribution is -0.148. The van der Waals surface area contributed by atoms with Crippen LogP contribution in [-0.2, 0) is 19.0 Å². The molecule has 0 bridgehead atoms. The molecule has 0 fully saturated rings. The molecule has 0 aromatic carbocycles. The molecule has 0 amide bonds. The number of hydrogen-bond donors (Lipinski definition) is 2. The monoisotopic (exact) mass is 376 g/mol. The van der Waals surface area contributed by atoms with Gasteiger partial charge in [-0.25, -0.2) is 0 Å². The van der Waals surface area contributed by atoms with Crippen LogP contribution in [0.4, 0.5) is 0 Å². The Morgan fingerprint density at radius 3 is 1.92 bits per heavy atom. The number of carbonyl (C=O) groups excluding carboxylic acids is 1. The molecule has 0 saturated carbocycles. The summed E-state index contributed by atoms with van der Waals surface area (Å²) in [7, 11) is 0. The van der Waals surface area contributed by atoms with Gasteiger partial charge in [-0.3, -0.25) is 4.79 Å². The highest BCUT2D eigenvalue weighted by atomic mass is 16.5. The van der Waals surface area contributed by atoms with Crippen LogP contribution in [0.3, 0.4) is 0 Å². The molecule has 2 N–H and O–H groups in total. The van der Waals surface area contributed by atoms with Crippen LogP contribution >= 0.6 is 0 Å². The lowest BCUT2D eigenvalue weighted by atomic mass is 10.1. The fourth-order valence-corrected chi connectivity index (χ4v) is 2.48. The highest BCUT2D eigenvalue weighted by Gasteiger charge is 2.07. The zero-order chi connectivity index (χ0) is 19.3. The van der Waals surface area contributed by atoms with Gasteiger partial charge in [-0.05, 0) is 6.42 Å². The number of esters is 1. The molecule has 0 aromatic heterocycles. The highest BCUT2D eigenvalue weighted by Crippen LogP contribution is 2.10. The molecule has 0 rings (SSSR count). The van der Waals surface area contributed by atoms with Crippen molar-refractivity contribution in [1.29, 1.82) is 0 Å². The Morgan fingerprint density at radius 2 is 1.35 bits per heavy atom. The Labute approximate surface area is 159 Å². The zero-order valence-electron chi connectivity index (χ0n) is 16.6. The molecular weight excluding hydrogens is 336 g/mol. The van der Waals surface area contributed by atoms with Crippen molar-refractivity contribution >= 4 is 5.97 Å². The van der Waals surface area contributed by atoms with Gasteiger partial charge in [-0.2, -0.15) is 0 Å². The maximum absolute atomic E-state index is 11.3. The second-order valence-electron chi connectivity index (χ2n) is 6.68. The van der Waals surface area contributed by atoms with Crippen LogP contribution < -0.4 is 0 Å². The smallest absolute Gasteiger partial charge is 0.308 e. The van der Waals surface area contributed by atoms with Crippen molar-refractivity contribution in [1.82, 2.24) is 0 Å². The lowest BCUT2D eigenvalue weighted by Crippen LogP contribution is -2.22. The van der Waals surface area contributed by atoms with Crippen LogP contribution in [0.2, 0.25) is 0 Å². The maximum Gasteiger partial charge on any atom is 0.308 e. The molecular formula is C20H40O6. The van der Waals surface area contributed by atoms with Gasteiger partial charge in [0.25, 0.3) is 0 Å². The zero-order valence-corrected chi connectivity index (χ0v) is 16.6. The van der Waals surface area contributed by atoms with E-state index in [-0.39, 0.29) is 19.6 Å². The van der Waals surface area contributed by atoms with Gasteiger partial charge in [-0.1, -0.05) is 64.7 Å². The first-order chi connectivity index (χ1) is 12.7. The van der Waals surface area contributed by atoms with Crippen LogP contribution in [-0.4, -0.2) is 61.9 Å². The van der Waals surface area contributed by atoms with Crippen molar-refractivity contribution in [2.24, 2.45) is 0 Å². The average Bonchev–Trinajstić information content (AvgIpc) is 2.65. The van der Waals surface area contributed by atoms with E-state index in [1.165, 1.54) is 57.8 Å². The topological polar surface area (TPSA) is 85.2 Å². The number of hydrogen-bond acceptors (Lipinski definition) is 6. The largest absolute Gasteiger partial charge is 0.463 e. The molecule has 0 aromatic rings. The van der Waals surface area contributed by atoms with Crippen molar-refractivity contribution < 1.29 is 29.2 Å². The van der Waals surface area contributed by atoms with Gasteiger partial charge in [-0.15, -0.1) is 0 Å². The second-order valence-corrected chi connectivity index (χ2v) is 6.68. The van der Waals surface area contributed by atoms with Crippen molar-refractivity contribution in [2.75, 3.05) is 39.6 Å². The van der Waals surface area contributed by atoms with Crippen molar-refractivity contribution in [3.63, 3.8) is 0 Å². The van der Waals surface area contributed by atoms with Gasteiger partial charge < -0.3 is 24.4 Å². The summed E-state index contributed by atoms with van der Waals surface area (Å²) in [6, 6.07) is 0. The molecule has 0 aliphatic rings. The standard InChI is InChI=1S/C20H40O6/c1-2-3-4-5-6-7-8-9-10-11-13-24-15-16-25-14-12-20(23)26-18-19(22)17-21/h19,21-22H,2-18H2,1H3. The molecule has 0 aliphatic carbocycles. The Bertz CT molecular complexity index is 298. The number of aliphatic hydroxyl groups excluding tert-OH is 2. The van der Waals surface area contributed by atoms with E-state index in [2.05, 4.69) is 6.92 Å². The lowest BCUT2D eigenvalue weighted by Gasteiger charge is -2.09. The third-order valence-electron chi connectivity index (χ3n) is 4.11. The summed E-state index contributed by atoms with van der Waals surface area (Å²) in [5, 5.41) is 17.6. The van der Waals surface area contributed by atoms with Gasteiger partial charge in [0.05, 0.1) is 32.8 Å². The van der Waals surface area contributed by atoms with E-state index < -0.39 is 18.7 Å². The Morgan fingerprint density at radius 1 is 0.808 bits per heavy atom. The summed E-state index contributed by atoms with van der Waals surface area (Å²) in [4.78, 5) is 11.3. The van der Waals surface area contributed by atoms with E-state index in [0.717, 1.165) is 13.0 Å². The number of aliphatic hydroxyl groups is 2. The minimum absolute atomic E-state index is 0.136. The van der Waals surface area contributed by atoms with E-state index in [1.807, 2.05) is 0 Å². The Kier molecular flexibility index (Phi) is 20.1. The summed E-state index contributed by atoms with van der Waals surface area (Å²) in [5.74, 6) is -0.441. The highest BCUT2D eigenvalue weighted by molar-refractivity contribution is 5.69. The van der Waals surface area contributed by atoms with E-state index in [9.17, 15) is 4.79 Å². The van der Waals surface area contributed by atoms with Crippen LogP contribution in [0.25, 0.3) is 0 Å². The van der Waals surface area contributed by atoms with Crippen LogP contribution in [0.1, 0.15) is 77.6 Å². The maximum atomic E-state index is 11.3.